The molecule has 0 aliphatic carbocycles. The zero-order valence-corrected chi connectivity index (χ0v) is 13.9. The summed E-state index contributed by atoms with van der Waals surface area (Å²) in [4.78, 5) is 49.6. The number of aliphatic hydroxyl groups excluding tert-OH is 1. The first-order valence-corrected chi connectivity index (χ1v) is 6.83. The van der Waals surface area contributed by atoms with Crippen LogP contribution in [-0.2, 0) is 24.0 Å². The van der Waals surface area contributed by atoms with E-state index in [4.69, 9.17) is 37.6 Å². The average Bonchev–Trinajstić information content (AvgIpc) is 2.45. The van der Waals surface area contributed by atoms with Gasteiger partial charge in [0, 0.05) is 0 Å². The Morgan fingerprint density at radius 3 is 1.04 bits per heavy atom. The molecule has 0 saturated heterocycles. The van der Waals surface area contributed by atoms with Crippen LogP contribution in [0.3, 0.4) is 0 Å². The van der Waals surface area contributed by atoms with E-state index in [1.165, 1.54) is 6.92 Å². The third kappa shape index (κ3) is 19.2. The van der Waals surface area contributed by atoms with E-state index >= 15 is 0 Å². The Morgan fingerprint density at radius 2 is 1.00 bits per heavy atom. The highest BCUT2D eigenvalue weighted by atomic mass is 16.4. The molecule has 2 amide bonds. The second kappa shape index (κ2) is 14.5. The van der Waals surface area contributed by atoms with Gasteiger partial charge in [-0.2, -0.15) is 0 Å². The van der Waals surface area contributed by atoms with Gasteiger partial charge in [-0.1, -0.05) is 0 Å². The number of primary amides is 2. The summed E-state index contributed by atoms with van der Waals surface area (Å²) in [5.41, 5.74) is 24.0. The van der Waals surface area contributed by atoms with Crippen molar-refractivity contribution in [3.8, 4) is 0 Å². The van der Waals surface area contributed by atoms with Crippen LogP contribution in [0.2, 0.25) is 0 Å². The van der Waals surface area contributed by atoms with E-state index in [0.29, 0.717) is 0 Å². The standard InChI is InChI=1S/2C4H8N2O3.C4H9NO3/c2*5-2(4(8)9)1-3(6)7;1-2(6)3(5)4(7)8/h2*2H,1,5H2,(H2,6,7)(H,8,9);2-3,6H,5H2,1H3,(H,7,8)/t2*2-;2-,3+/m001/s1. The highest BCUT2D eigenvalue weighted by Gasteiger charge is 2.16. The van der Waals surface area contributed by atoms with Crippen molar-refractivity contribution >= 4 is 29.7 Å². The van der Waals surface area contributed by atoms with Crippen molar-refractivity contribution in [1.82, 2.24) is 0 Å². The minimum Gasteiger partial charge on any atom is -0.480 e. The molecule has 0 spiro atoms. The van der Waals surface area contributed by atoms with Crippen molar-refractivity contribution in [3.63, 3.8) is 0 Å². The fourth-order valence-electron chi connectivity index (χ4n) is 0.814. The van der Waals surface area contributed by atoms with Gasteiger partial charge in [-0.05, 0) is 6.92 Å². The van der Waals surface area contributed by atoms with Crippen molar-refractivity contribution in [2.45, 2.75) is 44.0 Å². The van der Waals surface area contributed by atoms with Crippen LogP contribution in [0.25, 0.3) is 0 Å². The van der Waals surface area contributed by atoms with Crippen LogP contribution in [0.1, 0.15) is 19.8 Å². The van der Waals surface area contributed by atoms with Crippen molar-refractivity contribution in [3.05, 3.63) is 0 Å². The molecule has 14 heteroatoms. The molecule has 0 aliphatic rings. The Bertz CT molecular complexity index is 465. The highest BCUT2D eigenvalue weighted by molar-refractivity contribution is 5.83. The summed E-state index contributed by atoms with van der Waals surface area (Å²) in [5.74, 6) is -5.02. The van der Waals surface area contributed by atoms with Crippen LogP contribution in [0.5, 0.6) is 0 Å². The number of rotatable bonds is 8. The predicted molar refractivity (Wildman–Crippen MR) is 86.1 cm³/mol. The molecule has 152 valence electrons. The topological polar surface area (TPSA) is 296 Å². The summed E-state index contributed by atoms with van der Waals surface area (Å²) >= 11 is 0. The predicted octanol–water partition coefficient (Wildman–Crippen LogP) is -4.67. The molecule has 0 aromatic carbocycles. The maximum Gasteiger partial charge on any atom is 0.323 e. The molecule has 0 radical (unpaired) electrons. The van der Waals surface area contributed by atoms with Gasteiger partial charge < -0.3 is 49.1 Å². The lowest BCUT2D eigenvalue weighted by Gasteiger charge is -2.06. The van der Waals surface area contributed by atoms with Crippen LogP contribution < -0.4 is 28.7 Å². The van der Waals surface area contributed by atoms with E-state index < -0.39 is 54.0 Å². The van der Waals surface area contributed by atoms with E-state index in [1.54, 1.807) is 0 Å². The number of carboxylic acids is 3. The number of carbonyl (C=O) groups is 5. The quantitative estimate of drug-likeness (QED) is 0.191. The first-order valence-electron chi connectivity index (χ1n) is 6.83. The SMILES string of the molecule is C[C@@H](O)[C@H](N)C(=O)O.NC(=O)C[C@H](N)C(=O)O.NC(=O)C[C@H](N)C(=O)O. The van der Waals surface area contributed by atoms with E-state index in [2.05, 4.69) is 11.5 Å². The van der Waals surface area contributed by atoms with Crippen molar-refractivity contribution in [2.75, 3.05) is 0 Å². The van der Waals surface area contributed by atoms with Crippen molar-refractivity contribution < 1.29 is 44.4 Å². The number of amides is 2. The number of aliphatic hydroxyl groups is 1. The Kier molecular flexibility index (Phi) is 15.7. The van der Waals surface area contributed by atoms with Crippen molar-refractivity contribution in [2.24, 2.45) is 28.7 Å². The maximum atomic E-state index is 9.99. The first kappa shape index (κ1) is 28.0. The second-order valence-electron chi connectivity index (χ2n) is 4.83. The normalized spacial score (nSPS) is 14.0. The Hall–Kier alpha value is -2.81. The zero-order chi connectivity index (χ0) is 21.6. The smallest absolute Gasteiger partial charge is 0.323 e. The van der Waals surface area contributed by atoms with Gasteiger partial charge in [-0.3, -0.25) is 24.0 Å². The van der Waals surface area contributed by atoms with Crippen LogP contribution in [0.4, 0.5) is 0 Å². The van der Waals surface area contributed by atoms with Gasteiger partial charge in [0.25, 0.3) is 0 Å². The zero-order valence-electron chi connectivity index (χ0n) is 13.9. The van der Waals surface area contributed by atoms with Crippen LogP contribution >= 0.6 is 0 Å². The number of hydrogen-bond acceptors (Lipinski definition) is 9. The third-order valence-corrected chi connectivity index (χ3v) is 2.28. The molecule has 0 saturated carbocycles. The number of nitrogens with two attached hydrogens (primary N) is 5. The van der Waals surface area contributed by atoms with Crippen LogP contribution in [0, 0.1) is 0 Å². The fourth-order valence-corrected chi connectivity index (χ4v) is 0.814. The van der Waals surface area contributed by atoms with E-state index in [-0.39, 0.29) is 12.8 Å². The Labute approximate surface area is 147 Å². The molecule has 14 N–H and O–H groups in total. The largest absolute Gasteiger partial charge is 0.480 e. The summed E-state index contributed by atoms with van der Waals surface area (Å²) < 4.78 is 0. The van der Waals surface area contributed by atoms with Crippen molar-refractivity contribution in [1.29, 1.82) is 0 Å². The molecule has 26 heavy (non-hydrogen) atoms. The molecule has 0 fully saturated rings. The summed E-state index contributed by atoms with van der Waals surface area (Å²) in [5, 5.41) is 32.7. The van der Waals surface area contributed by atoms with E-state index in [0.717, 1.165) is 0 Å². The lowest BCUT2D eigenvalue weighted by molar-refractivity contribution is -0.141. The van der Waals surface area contributed by atoms with Gasteiger partial charge >= 0.3 is 17.9 Å². The van der Waals surface area contributed by atoms with Gasteiger partial charge in [0.15, 0.2) is 0 Å². The average molecular weight is 383 g/mol. The van der Waals surface area contributed by atoms with Gasteiger partial charge in [0.05, 0.1) is 18.9 Å². The minimum absolute atomic E-state index is 0.310. The number of hydrogen-bond donors (Lipinski definition) is 9. The van der Waals surface area contributed by atoms with Gasteiger partial charge in [-0.25, -0.2) is 0 Å². The maximum absolute atomic E-state index is 9.99. The fraction of sp³-hybridized carbons (Fsp3) is 0.583. The van der Waals surface area contributed by atoms with Gasteiger partial charge in [-0.15, -0.1) is 0 Å². The molecule has 0 aliphatic heterocycles. The van der Waals surface area contributed by atoms with Crippen LogP contribution in [0.15, 0.2) is 0 Å². The van der Waals surface area contributed by atoms with Gasteiger partial charge in [0.1, 0.15) is 18.1 Å². The lowest BCUT2D eigenvalue weighted by atomic mass is 10.2. The molecule has 0 bridgehead atoms. The molecular weight excluding hydrogens is 358 g/mol. The Morgan fingerprint density at radius 1 is 0.731 bits per heavy atom. The summed E-state index contributed by atoms with van der Waals surface area (Å²) in [6, 6.07) is -3.49. The molecule has 0 unspecified atom stereocenters. The molecule has 0 heterocycles. The molecular formula is C12H25N5O9. The summed E-state index contributed by atoms with van der Waals surface area (Å²) in [7, 11) is 0. The highest BCUT2D eigenvalue weighted by Crippen LogP contribution is 1.86. The second-order valence-corrected chi connectivity index (χ2v) is 4.83. The number of carboxylic acid groups (broad SMARTS) is 3. The minimum atomic E-state index is -1.21. The molecule has 0 rings (SSSR count). The summed E-state index contributed by atoms with van der Waals surface area (Å²) in [6.45, 7) is 1.33. The van der Waals surface area contributed by atoms with E-state index in [1.807, 2.05) is 0 Å². The summed E-state index contributed by atoms with van der Waals surface area (Å²) in [6.07, 6.45) is -1.60. The lowest BCUT2D eigenvalue weighted by Crippen LogP contribution is -2.39. The number of aliphatic carboxylic acids is 3. The first-order chi connectivity index (χ1) is 11.6. The van der Waals surface area contributed by atoms with E-state index in [9.17, 15) is 24.0 Å². The third-order valence-electron chi connectivity index (χ3n) is 2.28. The monoisotopic (exact) mass is 383 g/mol. The molecule has 4 atom stereocenters. The molecule has 14 nitrogen and oxygen atoms in total. The molecule has 0 aromatic heterocycles. The van der Waals surface area contributed by atoms with Gasteiger partial charge in [0.2, 0.25) is 11.8 Å². The Balaban J connectivity index is -0.000000306. The number of carbonyl (C=O) groups excluding carboxylic acids is 2. The molecule has 0 aromatic rings. The van der Waals surface area contributed by atoms with Crippen LogP contribution in [-0.4, -0.2) is 74.4 Å².